The average Bonchev–Trinajstić information content (AvgIpc) is 2.89. The maximum Gasteiger partial charge on any atom is 0.324 e. The third-order valence-corrected chi connectivity index (χ3v) is 5.96. The number of hydrogen-bond acceptors (Lipinski definition) is 5. The zero-order valence-corrected chi connectivity index (χ0v) is 19.7. The van der Waals surface area contributed by atoms with E-state index in [0.717, 1.165) is 34.5 Å². The molecule has 2 amide bonds. The lowest BCUT2D eigenvalue weighted by molar-refractivity contribution is 0.191. The van der Waals surface area contributed by atoms with Crippen LogP contribution in [0.1, 0.15) is 23.1 Å². The molecule has 7 heteroatoms. The van der Waals surface area contributed by atoms with E-state index >= 15 is 0 Å². The summed E-state index contributed by atoms with van der Waals surface area (Å²) in [6.07, 6.45) is 0.862. The van der Waals surface area contributed by atoms with Crippen LogP contribution in [-0.2, 0) is 19.7 Å². The first-order chi connectivity index (χ1) is 16.6. The zero-order chi connectivity index (χ0) is 23.9. The number of carbonyl (C=O) groups excluding carboxylic acids is 1. The van der Waals surface area contributed by atoms with Gasteiger partial charge in [-0.25, -0.2) is 4.79 Å². The van der Waals surface area contributed by atoms with Gasteiger partial charge in [-0.05, 0) is 35.7 Å². The first kappa shape index (κ1) is 23.4. The van der Waals surface area contributed by atoms with E-state index in [9.17, 15) is 4.79 Å². The van der Waals surface area contributed by atoms with Crippen LogP contribution >= 0.6 is 0 Å². The normalized spacial score (nSPS) is 13.7. The number of anilines is 1. The van der Waals surface area contributed by atoms with E-state index in [-0.39, 0.29) is 6.03 Å². The summed E-state index contributed by atoms with van der Waals surface area (Å²) in [4.78, 5) is 17.1. The van der Waals surface area contributed by atoms with Gasteiger partial charge in [0.2, 0.25) is 0 Å². The van der Waals surface area contributed by atoms with Crippen LogP contribution in [-0.4, -0.2) is 38.2 Å². The third-order valence-electron chi connectivity index (χ3n) is 5.96. The fraction of sp³-hybridized carbons (Fsp3) is 0.296. The van der Waals surface area contributed by atoms with Crippen molar-refractivity contribution in [3.63, 3.8) is 0 Å². The van der Waals surface area contributed by atoms with Crippen LogP contribution in [0.2, 0.25) is 0 Å². The fourth-order valence-corrected chi connectivity index (χ4v) is 4.10. The molecule has 0 atom stereocenters. The number of rotatable bonds is 9. The summed E-state index contributed by atoms with van der Waals surface area (Å²) >= 11 is 0. The van der Waals surface area contributed by atoms with Crippen molar-refractivity contribution in [2.24, 2.45) is 5.73 Å². The number of hydrogen-bond donors (Lipinski definition) is 1. The van der Waals surface area contributed by atoms with Crippen molar-refractivity contribution in [2.45, 2.75) is 26.1 Å². The summed E-state index contributed by atoms with van der Waals surface area (Å²) in [5, 5.41) is 0. The van der Waals surface area contributed by atoms with E-state index in [2.05, 4.69) is 0 Å². The first-order valence-corrected chi connectivity index (χ1v) is 11.4. The number of ether oxygens (including phenoxy) is 3. The molecule has 0 aromatic heterocycles. The Morgan fingerprint density at radius 2 is 1.65 bits per heavy atom. The molecular formula is C27H31N3O4. The molecule has 2 N–H and O–H groups in total. The molecule has 4 rings (SSSR count). The summed E-state index contributed by atoms with van der Waals surface area (Å²) in [6.45, 7) is 2.66. The predicted octanol–water partition coefficient (Wildman–Crippen LogP) is 4.57. The molecule has 1 saturated heterocycles. The van der Waals surface area contributed by atoms with Gasteiger partial charge in [0.25, 0.3) is 0 Å². The van der Waals surface area contributed by atoms with E-state index < -0.39 is 0 Å². The molecule has 1 aliphatic rings. The molecule has 1 heterocycles. The Morgan fingerprint density at radius 3 is 2.38 bits per heavy atom. The largest absolute Gasteiger partial charge is 0.496 e. The van der Waals surface area contributed by atoms with Crippen molar-refractivity contribution in [3.8, 4) is 17.2 Å². The van der Waals surface area contributed by atoms with Gasteiger partial charge in [0, 0.05) is 37.0 Å². The van der Waals surface area contributed by atoms with Gasteiger partial charge in [-0.2, -0.15) is 0 Å². The summed E-state index contributed by atoms with van der Waals surface area (Å²) in [6, 6.07) is 21.4. The highest BCUT2D eigenvalue weighted by Crippen LogP contribution is 2.34. The average molecular weight is 462 g/mol. The molecule has 0 bridgehead atoms. The highest BCUT2D eigenvalue weighted by atomic mass is 16.5. The molecule has 0 aliphatic carbocycles. The summed E-state index contributed by atoms with van der Waals surface area (Å²) < 4.78 is 17.1. The smallest absolute Gasteiger partial charge is 0.324 e. The monoisotopic (exact) mass is 461 g/mol. The van der Waals surface area contributed by atoms with Crippen LogP contribution in [0.3, 0.4) is 0 Å². The van der Waals surface area contributed by atoms with Crippen LogP contribution in [0, 0.1) is 0 Å². The number of nitrogens with two attached hydrogens (primary N) is 1. The van der Waals surface area contributed by atoms with Crippen molar-refractivity contribution in [1.29, 1.82) is 0 Å². The Hall–Kier alpha value is -3.71. The van der Waals surface area contributed by atoms with Gasteiger partial charge >= 0.3 is 6.03 Å². The number of amides is 2. The number of benzene rings is 3. The Kier molecular flexibility index (Phi) is 7.54. The molecular weight excluding hydrogens is 430 g/mol. The van der Waals surface area contributed by atoms with Crippen LogP contribution in [0.25, 0.3) is 0 Å². The molecule has 1 fully saturated rings. The lowest BCUT2D eigenvalue weighted by Crippen LogP contribution is -2.49. The van der Waals surface area contributed by atoms with Crippen molar-refractivity contribution in [2.75, 3.05) is 32.2 Å². The first-order valence-electron chi connectivity index (χ1n) is 11.4. The van der Waals surface area contributed by atoms with E-state index in [1.54, 1.807) is 19.1 Å². The molecule has 3 aromatic rings. The van der Waals surface area contributed by atoms with Crippen molar-refractivity contribution in [1.82, 2.24) is 4.90 Å². The van der Waals surface area contributed by atoms with Gasteiger partial charge in [0.05, 0.1) is 20.8 Å². The Balaban J connectivity index is 1.52. The highest BCUT2D eigenvalue weighted by Gasteiger charge is 2.28. The van der Waals surface area contributed by atoms with Gasteiger partial charge in [0.15, 0.2) is 11.5 Å². The molecule has 1 aliphatic heterocycles. The molecule has 0 saturated carbocycles. The highest BCUT2D eigenvalue weighted by molar-refractivity contribution is 5.93. The molecule has 34 heavy (non-hydrogen) atoms. The lowest BCUT2D eigenvalue weighted by atomic mass is 10.1. The lowest BCUT2D eigenvalue weighted by Gasteiger charge is -2.36. The van der Waals surface area contributed by atoms with Crippen molar-refractivity contribution in [3.05, 3.63) is 83.4 Å². The van der Waals surface area contributed by atoms with Crippen molar-refractivity contribution < 1.29 is 19.0 Å². The van der Waals surface area contributed by atoms with Gasteiger partial charge < -0.3 is 24.8 Å². The predicted molar refractivity (Wildman–Crippen MR) is 132 cm³/mol. The van der Waals surface area contributed by atoms with E-state index in [1.165, 1.54) is 0 Å². The quantitative estimate of drug-likeness (QED) is 0.505. The summed E-state index contributed by atoms with van der Waals surface area (Å²) in [5.41, 5.74) is 9.54. The Labute approximate surface area is 200 Å². The van der Waals surface area contributed by atoms with Gasteiger partial charge in [-0.1, -0.05) is 42.5 Å². The van der Waals surface area contributed by atoms with E-state index in [4.69, 9.17) is 19.9 Å². The summed E-state index contributed by atoms with van der Waals surface area (Å²) in [7, 11) is 3.25. The zero-order valence-electron chi connectivity index (χ0n) is 19.7. The summed E-state index contributed by atoms with van der Waals surface area (Å²) in [5.74, 6) is 1.98. The Bertz CT molecular complexity index is 1120. The number of methoxy groups -OCH3 is 2. The number of nitrogens with zero attached hydrogens (tertiary/aromatic N) is 2. The second-order valence-corrected chi connectivity index (χ2v) is 8.17. The second kappa shape index (κ2) is 10.9. The molecule has 178 valence electrons. The maximum atomic E-state index is 13.4. The van der Waals surface area contributed by atoms with E-state index in [0.29, 0.717) is 44.3 Å². The molecule has 3 aromatic carbocycles. The second-order valence-electron chi connectivity index (χ2n) is 8.17. The standard InChI is InChI=1S/C27H31N3O4/c1-32-24-12-11-23(16-26(24)34-19-20-7-4-3-5-8-20)30-14-6-13-29(27(30)31)18-22-10-9-21(17-28)15-25(22)33-2/h3-5,7-12,15-16H,6,13-14,17-19,28H2,1-2H3. The van der Waals surface area contributed by atoms with Crippen LogP contribution < -0.4 is 24.8 Å². The SMILES string of the molecule is COc1cc(CN)ccc1CN1CCCN(c2ccc(OC)c(OCc3ccccc3)c2)C1=O. The van der Waals surface area contributed by atoms with Gasteiger partial charge in [-0.3, -0.25) is 4.90 Å². The Morgan fingerprint density at radius 1 is 0.853 bits per heavy atom. The fourth-order valence-electron chi connectivity index (χ4n) is 4.10. The molecule has 0 radical (unpaired) electrons. The molecule has 0 unspecified atom stereocenters. The molecule has 7 nitrogen and oxygen atoms in total. The van der Waals surface area contributed by atoms with E-state index in [1.807, 2.05) is 71.6 Å². The topological polar surface area (TPSA) is 77.3 Å². The molecule has 0 spiro atoms. The minimum Gasteiger partial charge on any atom is -0.496 e. The number of carbonyl (C=O) groups is 1. The van der Waals surface area contributed by atoms with Crippen LogP contribution in [0.5, 0.6) is 17.2 Å². The van der Waals surface area contributed by atoms with Crippen LogP contribution in [0.4, 0.5) is 10.5 Å². The van der Waals surface area contributed by atoms with Crippen molar-refractivity contribution >= 4 is 11.7 Å². The number of urea groups is 1. The van der Waals surface area contributed by atoms with Gasteiger partial charge in [-0.15, -0.1) is 0 Å². The van der Waals surface area contributed by atoms with Gasteiger partial charge in [0.1, 0.15) is 12.4 Å². The third kappa shape index (κ3) is 5.26. The maximum absolute atomic E-state index is 13.4. The van der Waals surface area contributed by atoms with Crippen LogP contribution in [0.15, 0.2) is 66.7 Å². The minimum atomic E-state index is -0.0459. The minimum absolute atomic E-state index is 0.0459.